The molecule has 0 spiro atoms. The van der Waals surface area contributed by atoms with Gasteiger partial charge in [-0.15, -0.1) is 0 Å². The van der Waals surface area contributed by atoms with Gasteiger partial charge in [-0.1, -0.05) is 42.5 Å². The molecule has 0 unspecified atom stereocenters. The van der Waals surface area contributed by atoms with Crippen LogP contribution in [0.15, 0.2) is 60.4 Å². The molecule has 6 heteroatoms. The lowest BCUT2D eigenvalue weighted by molar-refractivity contribution is -0.149. The van der Waals surface area contributed by atoms with E-state index in [1.54, 1.807) is 19.9 Å². The number of ether oxygens (including phenoxy) is 1. The molecule has 6 nitrogen and oxygen atoms in total. The number of esters is 1. The number of imidazole rings is 1. The van der Waals surface area contributed by atoms with Gasteiger partial charge >= 0.3 is 5.97 Å². The first-order valence-electron chi connectivity index (χ1n) is 8.43. The number of carbonyl (C=O) groups is 1. The molecule has 0 saturated heterocycles. The molecule has 2 N–H and O–H groups in total. The third-order valence-corrected chi connectivity index (χ3v) is 4.37. The predicted octanol–water partition coefficient (Wildman–Crippen LogP) is 3.88. The summed E-state index contributed by atoms with van der Waals surface area (Å²) < 4.78 is 5.26. The van der Waals surface area contributed by atoms with Gasteiger partial charge in [-0.3, -0.25) is 4.79 Å². The Morgan fingerprint density at radius 2 is 1.85 bits per heavy atom. The van der Waals surface area contributed by atoms with Crippen LogP contribution in [0.4, 0.5) is 0 Å². The van der Waals surface area contributed by atoms with Crippen molar-refractivity contribution in [1.82, 2.24) is 9.97 Å². The number of nitrogens with one attached hydrogen (secondary N) is 1. The van der Waals surface area contributed by atoms with Gasteiger partial charge in [0.15, 0.2) is 11.6 Å². The van der Waals surface area contributed by atoms with Crippen LogP contribution in [-0.4, -0.2) is 27.7 Å². The molecule has 136 valence electrons. The Morgan fingerprint density at radius 1 is 1.19 bits per heavy atom. The number of aliphatic hydroxyl groups excluding tert-OH is 1. The van der Waals surface area contributed by atoms with Crippen LogP contribution in [0.5, 0.6) is 0 Å². The zero-order chi connectivity index (χ0) is 19.4. The Hall–Kier alpha value is -3.59. The van der Waals surface area contributed by atoms with Crippen molar-refractivity contribution in [3.05, 3.63) is 71.7 Å². The number of H-pyrrole nitrogens is 1. The van der Waals surface area contributed by atoms with E-state index in [1.165, 1.54) is 0 Å². The van der Waals surface area contributed by atoms with Gasteiger partial charge in [-0.25, -0.2) is 4.98 Å². The lowest BCUT2D eigenvalue weighted by Gasteiger charge is -2.23. The Kier molecular flexibility index (Phi) is 4.95. The quantitative estimate of drug-likeness (QED) is 0.408. The smallest absolute Gasteiger partial charge is 0.316 e. The van der Waals surface area contributed by atoms with E-state index < -0.39 is 18.0 Å². The molecule has 1 heterocycles. The first kappa shape index (κ1) is 18.2. The van der Waals surface area contributed by atoms with Crippen LogP contribution in [0.3, 0.4) is 0 Å². The summed E-state index contributed by atoms with van der Waals surface area (Å²) in [5.41, 5.74) is 1.28. The number of aromatic nitrogens is 2. The molecule has 3 rings (SSSR count). The molecule has 3 aromatic rings. The summed E-state index contributed by atoms with van der Waals surface area (Å²) in [4.78, 5) is 19.8. The second-order valence-electron chi connectivity index (χ2n) is 6.60. The average Bonchev–Trinajstić information content (AvgIpc) is 3.10. The fourth-order valence-corrected chi connectivity index (χ4v) is 2.68. The maximum atomic E-state index is 12.5. The van der Waals surface area contributed by atoms with Gasteiger partial charge < -0.3 is 14.8 Å². The number of rotatable bonds is 5. The highest BCUT2D eigenvalue weighted by Gasteiger charge is 2.31. The van der Waals surface area contributed by atoms with Crippen LogP contribution in [0, 0.1) is 11.3 Å². The highest BCUT2D eigenvalue weighted by molar-refractivity contribution is 5.84. The van der Waals surface area contributed by atoms with Crippen molar-refractivity contribution in [3.63, 3.8) is 0 Å². The fourth-order valence-electron chi connectivity index (χ4n) is 2.68. The van der Waals surface area contributed by atoms with Gasteiger partial charge in [0.1, 0.15) is 18.2 Å². The third kappa shape index (κ3) is 3.67. The lowest BCUT2D eigenvalue weighted by atomic mass is 9.85. The van der Waals surface area contributed by atoms with E-state index in [0.29, 0.717) is 5.52 Å². The van der Waals surface area contributed by atoms with Gasteiger partial charge in [0.2, 0.25) is 0 Å². The molecule has 0 aliphatic carbocycles. The molecule has 0 saturated carbocycles. The number of carbonyl (C=O) groups excluding carboxylic acids is 1. The first-order valence-corrected chi connectivity index (χ1v) is 8.43. The fraction of sp³-hybridized carbons (Fsp3) is 0.190. The topological polar surface area (TPSA) is 99.0 Å². The minimum Gasteiger partial charge on any atom is -0.507 e. The largest absolute Gasteiger partial charge is 0.507 e. The van der Waals surface area contributed by atoms with Crippen molar-refractivity contribution in [3.8, 4) is 6.07 Å². The monoisotopic (exact) mass is 361 g/mol. The molecule has 0 fully saturated rings. The van der Waals surface area contributed by atoms with Crippen LogP contribution in [0.1, 0.15) is 25.2 Å². The number of benzene rings is 2. The highest BCUT2D eigenvalue weighted by atomic mass is 16.5. The van der Waals surface area contributed by atoms with Crippen molar-refractivity contribution in [1.29, 1.82) is 5.26 Å². The van der Waals surface area contributed by atoms with Crippen LogP contribution < -0.4 is 0 Å². The minimum atomic E-state index is -0.881. The molecule has 2 aromatic carbocycles. The summed E-state index contributed by atoms with van der Waals surface area (Å²) in [5, 5.41) is 19.7. The van der Waals surface area contributed by atoms with Crippen LogP contribution >= 0.6 is 0 Å². The number of aliphatic hydroxyl groups is 1. The van der Waals surface area contributed by atoms with Gasteiger partial charge in [0, 0.05) is 0 Å². The Labute approximate surface area is 156 Å². The third-order valence-electron chi connectivity index (χ3n) is 4.37. The number of aromatic amines is 1. The summed E-state index contributed by atoms with van der Waals surface area (Å²) in [5.74, 6) is -0.620. The van der Waals surface area contributed by atoms with Gasteiger partial charge in [-0.2, -0.15) is 5.26 Å². The number of nitriles is 1. The summed E-state index contributed by atoms with van der Waals surface area (Å²) in [6.07, 6.45) is 0. The molecule has 0 atom stereocenters. The van der Waals surface area contributed by atoms with E-state index in [4.69, 9.17) is 4.74 Å². The van der Waals surface area contributed by atoms with Crippen molar-refractivity contribution in [2.24, 2.45) is 0 Å². The Bertz CT molecular complexity index is 1010. The SMILES string of the molecule is CC(C)(C(=O)OC/C(O)=C(\C#N)c1nc2ccccc2[nH]1)c1ccccc1. The predicted molar refractivity (Wildman–Crippen MR) is 102 cm³/mol. The molecule has 0 radical (unpaired) electrons. The van der Waals surface area contributed by atoms with Crippen LogP contribution in [0.25, 0.3) is 16.6 Å². The maximum absolute atomic E-state index is 12.5. The maximum Gasteiger partial charge on any atom is 0.316 e. The molecule has 27 heavy (non-hydrogen) atoms. The molecule has 0 amide bonds. The first-order chi connectivity index (χ1) is 12.9. The summed E-state index contributed by atoms with van der Waals surface area (Å²) in [6.45, 7) is 3.08. The number of para-hydroxylation sites is 2. The second kappa shape index (κ2) is 7.34. The number of hydrogen-bond donors (Lipinski definition) is 2. The highest BCUT2D eigenvalue weighted by Crippen LogP contribution is 2.25. The van der Waals surface area contributed by atoms with Gasteiger partial charge in [0.05, 0.1) is 16.4 Å². The molecule has 0 aliphatic heterocycles. The van der Waals surface area contributed by atoms with Crippen molar-refractivity contribution < 1.29 is 14.6 Å². The average molecular weight is 361 g/mol. The van der Waals surface area contributed by atoms with Gasteiger partial charge in [0.25, 0.3) is 0 Å². The van der Waals surface area contributed by atoms with Crippen molar-refractivity contribution in [2.75, 3.05) is 6.61 Å². The zero-order valence-corrected chi connectivity index (χ0v) is 15.1. The minimum absolute atomic E-state index is 0.0588. The Balaban J connectivity index is 1.79. The second-order valence-corrected chi connectivity index (χ2v) is 6.60. The van der Waals surface area contributed by atoms with Crippen LogP contribution in [-0.2, 0) is 14.9 Å². The summed E-state index contributed by atoms with van der Waals surface area (Å²) in [6, 6.07) is 18.4. The van der Waals surface area contributed by atoms with Gasteiger partial charge in [-0.05, 0) is 31.5 Å². The molecule has 0 bridgehead atoms. The molecule has 0 aliphatic rings. The number of hydrogen-bond acceptors (Lipinski definition) is 5. The molecular weight excluding hydrogens is 342 g/mol. The van der Waals surface area contributed by atoms with Crippen molar-refractivity contribution >= 4 is 22.6 Å². The molecule has 1 aromatic heterocycles. The summed E-state index contributed by atoms with van der Waals surface area (Å²) >= 11 is 0. The van der Waals surface area contributed by atoms with E-state index >= 15 is 0 Å². The lowest BCUT2D eigenvalue weighted by Crippen LogP contribution is -2.31. The normalized spacial score (nSPS) is 12.3. The van der Waals surface area contributed by atoms with Crippen molar-refractivity contribution in [2.45, 2.75) is 19.3 Å². The van der Waals surface area contributed by atoms with Crippen LogP contribution in [0.2, 0.25) is 0 Å². The number of allylic oxidation sites excluding steroid dienone is 1. The molecular formula is C21H19N3O3. The van der Waals surface area contributed by atoms with E-state index in [9.17, 15) is 15.2 Å². The standard InChI is InChI=1S/C21H19N3O3/c1-21(2,14-8-4-3-5-9-14)20(26)27-13-18(25)15(12-22)19-23-16-10-6-7-11-17(16)24-19/h3-11,25H,13H2,1-2H3,(H,23,24)/b18-15-. The number of nitrogens with zero attached hydrogens (tertiary/aromatic N) is 2. The summed E-state index contributed by atoms with van der Waals surface area (Å²) in [7, 11) is 0. The van der Waals surface area contributed by atoms with E-state index in [1.807, 2.05) is 54.6 Å². The van der Waals surface area contributed by atoms with E-state index in [2.05, 4.69) is 9.97 Å². The Morgan fingerprint density at radius 3 is 2.52 bits per heavy atom. The van der Waals surface area contributed by atoms with E-state index in [-0.39, 0.29) is 17.2 Å². The number of fused-ring (bicyclic) bond motifs is 1. The zero-order valence-electron chi connectivity index (χ0n) is 15.1. The van der Waals surface area contributed by atoms with E-state index in [0.717, 1.165) is 11.1 Å².